The number of nitrogens with zero attached hydrogens (tertiary/aromatic N) is 1. The minimum absolute atomic E-state index is 0.267. The summed E-state index contributed by atoms with van der Waals surface area (Å²) in [5.74, 6) is 1.00. The monoisotopic (exact) mass is 353 g/mol. The molecule has 0 aromatic heterocycles. The molecule has 94 valence electrons. The van der Waals surface area contributed by atoms with Crippen LogP contribution in [0.15, 0.2) is 17.1 Å². The van der Waals surface area contributed by atoms with E-state index < -0.39 is 20.8 Å². The van der Waals surface area contributed by atoms with Crippen LogP contribution in [0.4, 0.5) is 0 Å². The van der Waals surface area contributed by atoms with Crippen LogP contribution in [0.1, 0.15) is 18.1 Å². The third kappa shape index (κ3) is 6.44. The SMILES string of the molecule is CCN=Cc1cc(OC)cc(C)c1O.[Cl][Zr][Cl]. The first-order valence-corrected chi connectivity index (χ1v) is 11.3. The first-order chi connectivity index (χ1) is 8.10. The van der Waals surface area contributed by atoms with Gasteiger partial charge in [-0.1, -0.05) is 0 Å². The fourth-order valence-corrected chi connectivity index (χ4v) is 1.18. The summed E-state index contributed by atoms with van der Waals surface area (Å²) in [5.41, 5.74) is 1.49. The van der Waals surface area contributed by atoms with Crippen molar-refractivity contribution in [3.05, 3.63) is 23.3 Å². The molecule has 0 aliphatic carbocycles. The minimum atomic E-state index is -0.826. The molecule has 0 heterocycles. The van der Waals surface area contributed by atoms with E-state index in [2.05, 4.69) is 4.99 Å². The molecule has 0 unspecified atom stereocenters. The van der Waals surface area contributed by atoms with Gasteiger partial charge in [0.05, 0.1) is 7.11 Å². The Morgan fingerprint density at radius 3 is 2.53 bits per heavy atom. The molecule has 1 rings (SSSR count). The number of benzene rings is 1. The van der Waals surface area contributed by atoms with Crippen LogP contribution in [0.25, 0.3) is 0 Å². The second-order valence-electron chi connectivity index (χ2n) is 3.08. The molecule has 0 bridgehead atoms. The zero-order chi connectivity index (χ0) is 13.3. The van der Waals surface area contributed by atoms with E-state index in [4.69, 9.17) is 21.8 Å². The van der Waals surface area contributed by atoms with E-state index >= 15 is 0 Å². The van der Waals surface area contributed by atoms with E-state index in [1.54, 1.807) is 25.5 Å². The van der Waals surface area contributed by atoms with Gasteiger partial charge >= 0.3 is 37.9 Å². The summed E-state index contributed by atoms with van der Waals surface area (Å²) in [7, 11) is 11.5. The molecule has 0 atom stereocenters. The number of ether oxygens (including phenoxy) is 1. The Kier molecular flexibility index (Phi) is 9.90. The molecule has 0 saturated heterocycles. The van der Waals surface area contributed by atoms with Gasteiger partial charge in [-0.3, -0.25) is 4.99 Å². The molecule has 3 nitrogen and oxygen atoms in total. The average Bonchev–Trinajstić information content (AvgIpc) is 2.32. The van der Waals surface area contributed by atoms with Gasteiger partial charge in [-0.25, -0.2) is 0 Å². The van der Waals surface area contributed by atoms with Gasteiger partial charge in [0, 0.05) is 18.3 Å². The molecule has 0 amide bonds. The third-order valence-electron chi connectivity index (χ3n) is 1.95. The Labute approximate surface area is 120 Å². The molecule has 17 heavy (non-hydrogen) atoms. The standard InChI is InChI=1S/C11H15NO2.2ClH.Zr/c1-4-12-7-9-6-10(14-3)5-8(2)11(9)13;;;/h5-7,13H,4H2,1-3H3;2*1H;/q;;;+2/p-2. The van der Waals surface area contributed by atoms with E-state index in [-0.39, 0.29) is 5.75 Å². The van der Waals surface area contributed by atoms with Gasteiger partial charge in [-0.05, 0) is 31.5 Å². The van der Waals surface area contributed by atoms with Gasteiger partial charge in [-0.15, -0.1) is 0 Å². The van der Waals surface area contributed by atoms with E-state index in [0.717, 1.165) is 11.3 Å². The number of aryl methyl sites for hydroxylation is 1. The van der Waals surface area contributed by atoms with Crippen molar-refractivity contribution in [3.63, 3.8) is 0 Å². The molecule has 0 aliphatic rings. The maximum atomic E-state index is 9.70. The number of aromatic hydroxyl groups is 1. The third-order valence-corrected chi connectivity index (χ3v) is 1.95. The van der Waals surface area contributed by atoms with Crippen molar-refractivity contribution in [2.75, 3.05) is 13.7 Å². The zero-order valence-electron chi connectivity index (χ0n) is 10.00. The van der Waals surface area contributed by atoms with Crippen LogP contribution < -0.4 is 4.74 Å². The van der Waals surface area contributed by atoms with Crippen LogP contribution in [0.3, 0.4) is 0 Å². The Morgan fingerprint density at radius 2 is 2.06 bits per heavy atom. The molecular formula is C11H15Cl2NO2Zr. The van der Waals surface area contributed by atoms with Crippen molar-refractivity contribution in [1.29, 1.82) is 0 Å². The average molecular weight is 355 g/mol. The summed E-state index contributed by atoms with van der Waals surface area (Å²) in [6, 6.07) is 3.56. The van der Waals surface area contributed by atoms with Crippen molar-refractivity contribution < 1.29 is 30.7 Å². The van der Waals surface area contributed by atoms with E-state index in [1.165, 1.54) is 0 Å². The van der Waals surface area contributed by atoms with Crippen molar-refractivity contribution >= 4 is 23.2 Å². The van der Waals surface area contributed by atoms with Crippen molar-refractivity contribution in [3.8, 4) is 11.5 Å². The summed E-state index contributed by atoms with van der Waals surface area (Å²) in [4.78, 5) is 4.08. The molecule has 1 aromatic carbocycles. The number of hydrogen-bond donors (Lipinski definition) is 1. The van der Waals surface area contributed by atoms with Crippen LogP contribution in [0, 0.1) is 6.92 Å². The van der Waals surface area contributed by atoms with Crippen LogP contribution in [-0.4, -0.2) is 25.0 Å². The second-order valence-corrected chi connectivity index (χ2v) is 6.81. The van der Waals surface area contributed by atoms with Gasteiger partial charge in [0.2, 0.25) is 0 Å². The van der Waals surface area contributed by atoms with E-state index in [1.807, 2.05) is 13.8 Å². The molecule has 1 aromatic rings. The molecule has 0 spiro atoms. The zero-order valence-corrected chi connectivity index (χ0v) is 14.0. The number of rotatable bonds is 3. The van der Waals surface area contributed by atoms with Crippen molar-refractivity contribution in [2.24, 2.45) is 4.99 Å². The fraction of sp³-hybridized carbons (Fsp3) is 0.364. The molecule has 0 fully saturated rings. The Hall–Kier alpha value is -0.0469. The number of aliphatic imine (C=N–C) groups is 1. The number of phenolic OH excluding ortho intramolecular Hbond substituents is 1. The Bertz CT molecular complexity index is 373. The summed E-state index contributed by atoms with van der Waals surface area (Å²) < 4.78 is 5.10. The first-order valence-electron chi connectivity index (χ1n) is 4.94. The van der Waals surface area contributed by atoms with Crippen LogP contribution in [-0.2, 0) is 20.8 Å². The molecule has 6 heteroatoms. The first kappa shape index (κ1) is 17.0. The fourth-order valence-electron chi connectivity index (χ4n) is 1.18. The van der Waals surface area contributed by atoms with E-state index in [9.17, 15) is 5.11 Å². The number of phenols is 1. The molecule has 0 radical (unpaired) electrons. The molecule has 0 aliphatic heterocycles. The number of methoxy groups -OCH3 is 1. The summed E-state index contributed by atoms with van der Waals surface area (Å²) >= 11 is -0.826. The summed E-state index contributed by atoms with van der Waals surface area (Å²) in [6.07, 6.45) is 1.66. The normalized spacial score (nSPS) is 9.71. The summed E-state index contributed by atoms with van der Waals surface area (Å²) in [6.45, 7) is 4.48. The summed E-state index contributed by atoms with van der Waals surface area (Å²) in [5, 5.41) is 9.70. The van der Waals surface area contributed by atoms with Gasteiger partial charge in [-0.2, -0.15) is 0 Å². The quantitative estimate of drug-likeness (QED) is 0.843. The Morgan fingerprint density at radius 1 is 1.47 bits per heavy atom. The van der Waals surface area contributed by atoms with Gasteiger partial charge < -0.3 is 9.84 Å². The van der Waals surface area contributed by atoms with Gasteiger partial charge in [0.25, 0.3) is 0 Å². The topological polar surface area (TPSA) is 41.8 Å². The van der Waals surface area contributed by atoms with Crippen LogP contribution in [0.2, 0.25) is 0 Å². The van der Waals surface area contributed by atoms with Crippen molar-refractivity contribution in [1.82, 2.24) is 0 Å². The second kappa shape index (κ2) is 9.93. The van der Waals surface area contributed by atoms with Gasteiger partial charge in [0.1, 0.15) is 11.5 Å². The van der Waals surface area contributed by atoms with Crippen LogP contribution in [0.5, 0.6) is 11.5 Å². The predicted octanol–water partition coefficient (Wildman–Crippen LogP) is 3.52. The maximum absolute atomic E-state index is 9.70. The predicted molar refractivity (Wildman–Crippen MR) is 69.2 cm³/mol. The number of halogens is 2. The Balaban J connectivity index is 0.000000770. The molecule has 0 saturated carbocycles. The number of hydrogen-bond acceptors (Lipinski definition) is 3. The van der Waals surface area contributed by atoms with Crippen LogP contribution >= 0.6 is 17.0 Å². The van der Waals surface area contributed by atoms with Crippen molar-refractivity contribution in [2.45, 2.75) is 13.8 Å². The molecular weight excluding hydrogens is 340 g/mol. The molecule has 1 N–H and O–H groups in total. The van der Waals surface area contributed by atoms with Gasteiger partial charge in [0.15, 0.2) is 0 Å². The van der Waals surface area contributed by atoms with E-state index in [0.29, 0.717) is 12.1 Å².